The Kier molecular flexibility index (Phi) is 7.94. The Morgan fingerprint density at radius 3 is 2.55 bits per heavy atom. The van der Waals surface area contributed by atoms with Crippen LogP contribution in [-0.4, -0.2) is 47.8 Å². The summed E-state index contributed by atoms with van der Waals surface area (Å²) in [6, 6.07) is 11.9. The Balaban J connectivity index is 2.06. The molecule has 0 saturated heterocycles. The fourth-order valence-electron chi connectivity index (χ4n) is 3.53. The van der Waals surface area contributed by atoms with E-state index in [0.29, 0.717) is 23.6 Å². The fraction of sp³-hybridized carbons (Fsp3) is 0.304. The minimum Gasteiger partial charge on any atom is -0.487 e. The van der Waals surface area contributed by atoms with E-state index in [-0.39, 0.29) is 24.5 Å². The van der Waals surface area contributed by atoms with Crippen molar-refractivity contribution in [1.29, 1.82) is 0 Å². The lowest BCUT2D eigenvalue weighted by Crippen LogP contribution is -2.49. The molecule has 1 atom stereocenters. The highest BCUT2D eigenvalue weighted by Gasteiger charge is 2.38. The Morgan fingerprint density at radius 1 is 1.21 bits per heavy atom. The van der Waals surface area contributed by atoms with E-state index in [1.165, 1.54) is 23.1 Å². The van der Waals surface area contributed by atoms with Crippen molar-refractivity contribution >= 4 is 29.4 Å². The van der Waals surface area contributed by atoms with Crippen LogP contribution in [-0.2, 0) is 9.53 Å². The number of non-ortho nitro benzene ring substituents is 1. The molecule has 0 bridgehead atoms. The lowest BCUT2D eigenvalue weighted by atomic mass is 9.94. The SMILES string of the molecule is CCOC(=O)C1=C(COc2ccc(SC)cc2)N(CC)C(=O)NC1c1cccc([N+](=O)[O-])c1. The van der Waals surface area contributed by atoms with Gasteiger partial charge in [-0.15, -0.1) is 11.8 Å². The first kappa shape index (κ1) is 24.1. The number of amides is 2. The number of nitro groups is 1. The van der Waals surface area contributed by atoms with E-state index in [0.717, 1.165) is 4.90 Å². The Morgan fingerprint density at radius 2 is 1.94 bits per heavy atom. The molecule has 2 amide bonds. The van der Waals surface area contributed by atoms with Crippen molar-refractivity contribution in [2.24, 2.45) is 0 Å². The number of hydrogen-bond donors (Lipinski definition) is 1. The van der Waals surface area contributed by atoms with Gasteiger partial charge in [-0.3, -0.25) is 15.0 Å². The van der Waals surface area contributed by atoms with Crippen molar-refractivity contribution < 1.29 is 24.0 Å². The smallest absolute Gasteiger partial charge is 0.338 e. The second-order valence-corrected chi connectivity index (χ2v) is 7.90. The van der Waals surface area contributed by atoms with Gasteiger partial charge in [0.2, 0.25) is 0 Å². The van der Waals surface area contributed by atoms with Gasteiger partial charge in [0.1, 0.15) is 12.4 Å². The maximum Gasteiger partial charge on any atom is 0.338 e. The van der Waals surface area contributed by atoms with Crippen molar-refractivity contribution in [2.45, 2.75) is 24.8 Å². The number of urea groups is 1. The molecule has 1 aliphatic heterocycles. The zero-order chi connectivity index (χ0) is 24.0. The zero-order valence-corrected chi connectivity index (χ0v) is 19.4. The predicted molar refractivity (Wildman–Crippen MR) is 124 cm³/mol. The van der Waals surface area contributed by atoms with Crippen LogP contribution in [0.1, 0.15) is 25.5 Å². The highest BCUT2D eigenvalue weighted by molar-refractivity contribution is 7.98. The van der Waals surface area contributed by atoms with Crippen LogP contribution in [0.15, 0.2) is 64.7 Å². The topological polar surface area (TPSA) is 111 Å². The molecule has 0 saturated carbocycles. The van der Waals surface area contributed by atoms with Crippen LogP contribution in [0, 0.1) is 10.1 Å². The first-order valence-corrected chi connectivity index (χ1v) is 11.6. The van der Waals surface area contributed by atoms with Gasteiger partial charge in [0.05, 0.1) is 28.8 Å². The summed E-state index contributed by atoms with van der Waals surface area (Å²) in [5, 5.41) is 14.1. The van der Waals surface area contributed by atoms with Gasteiger partial charge in [-0.2, -0.15) is 0 Å². The number of thioether (sulfide) groups is 1. The highest BCUT2D eigenvalue weighted by Crippen LogP contribution is 2.33. The molecule has 0 fully saturated rings. The van der Waals surface area contributed by atoms with Crippen molar-refractivity contribution in [2.75, 3.05) is 26.0 Å². The number of hydrogen-bond acceptors (Lipinski definition) is 7. The van der Waals surface area contributed by atoms with E-state index in [4.69, 9.17) is 9.47 Å². The fourth-order valence-corrected chi connectivity index (χ4v) is 3.94. The summed E-state index contributed by atoms with van der Waals surface area (Å²) >= 11 is 1.60. The highest BCUT2D eigenvalue weighted by atomic mass is 32.2. The van der Waals surface area contributed by atoms with Crippen molar-refractivity contribution in [3.63, 3.8) is 0 Å². The molecule has 174 valence electrons. The van der Waals surface area contributed by atoms with E-state index < -0.39 is 23.0 Å². The quantitative estimate of drug-likeness (QED) is 0.251. The Bertz CT molecular complexity index is 1070. The van der Waals surface area contributed by atoms with E-state index in [1.807, 2.05) is 30.5 Å². The minimum absolute atomic E-state index is 0.0561. The van der Waals surface area contributed by atoms with Crippen molar-refractivity contribution in [3.8, 4) is 5.75 Å². The summed E-state index contributed by atoms with van der Waals surface area (Å²) in [5.74, 6) is -0.0405. The number of carbonyl (C=O) groups is 2. The summed E-state index contributed by atoms with van der Waals surface area (Å²) in [4.78, 5) is 39.2. The molecule has 1 heterocycles. The molecular formula is C23H25N3O6S. The van der Waals surface area contributed by atoms with Gasteiger partial charge in [0, 0.05) is 23.6 Å². The lowest BCUT2D eigenvalue weighted by molar-refractivity contribution is -0.384. The second kappa shape index (κ2) is 10.9. The normalized spacial score (nSPS) is 15.8. The first-order valence-electron chi connectivity index (χ1n) is 10.4. The van der Waals surface area contributed by atoms with E-state index in [1.54, 1.807) is 31.7 Å². The van der Waals surface area contributed by atoms with Gasteiger partial charge < -0.3 is 14.8 Å². The molecule has 1 N–H and O–H groups in total. The molecule has 10 heteroatoms. The van der Waals surface area contributed by atoms with E-state index in [9.17, 15) is 19.7 Å². The third-order valence-corrected chi connectivity index (χ3v) is 5.84. The number of esters is 1. The van der Waals surface area contributed by atoms with Crippen LogP contribution in [0.3, 0.4) is 0 Å². The van der Waals surface area contributed by atoms with Crippen molar-refractivity contribution in [1.82, 2.24) is 10.2 Å². The lowest BCUT2D eigenvalue weighted by Gasteiger charge is -2.36. The number of nitrogens with one attached hydrogen (secondary N) is 1. The van der Waals surface area contributed by atoms with Gasteiger partial charge in [0.25, 0.3) is 5.69 Å². The number of nitro benzene ring substituents is 1. The largest absolute Gasteiger partial charge is 0.487 e. The minimum atomic E-state index is -0.920. The molecule has 0 radical (unpaired) electrons. The molecular weight excluding hydrogens is 446 g/mol. The Hall–Kier alpha value is -3.53. The molecule has 0 aliphatic carbocycles. The van der Waals surface area contributed by atoms with Gasteiger partial charge in [-0.25, -0.2) is 9.59 Å². The third-order valence-electron chi connectivity index (χ3n) is 5.10. The van der Waals surface area contributed by atoms with Crippen LogP contribution in [0.25, 0.3) is 0 Å². The standard InChI is InChI=1S/C23H25N3O6S/c1-4-25-19(14-32-17-9-11-18(33-3)12-10-17)20(22(27)31-5-2)21(24-23(25)28)15-7-6-8-16(13-15)26(29)30/h6-13,21H,4-5,14H2,1-3H3,(H,24,28). The third kappa shape index (κ3) is 5.46. The maximum atomic E-state index is 13.0. The molecule has 9 nitrogen and oxygen atoms in total. The zero-order valence-electron chi connectivity index (χ0n) is 18.6. The number of nitrogens with zero attached hydrogens (tertiary/aromatic N) is 2. The molecule has 0 spiro atoms. The van der Waals surface area contributed by atoms with Gasteiger partial charge in [-0.05, 0) is 49.9 Å². The van der Waals surface area contributed by atoms with Crippen LogP contribution in [0.2, 0.25) is 0 Å². The molecule has 2 aromatic rings. The molecule has 1 aliphatic rings. The monoisotopic (exact) mass is 471 g/mol. The van der Waals surface area contributed by atoms with Crippen LogP contribution in [0.5, 0.6) is 5.75 Å². The van der Waals surface area contributed by atoms with Crippen LogP contribution < -0.4 is 10.1 Å². The molecule has 33 heavy (non-hydrogen) atoms. The van der Waals surface area contributed by atoms with Gasteiger partial charge in [0.15, 0.2) is 0 Å². The summed E-state index contributed by atoms with van der Waals surface area (Å²) < 4.78 is 11.2. The van der Waals surface area contributed by atoms with Crippen LogP contribution in [0.4, 0.5) is 10.5 Å². The predicted octanol–water partition coefficient (Wildman–Crippen LogP) is 4.30. The number of likely N-dealkylation sites (N-methyl/N-ethyl adjacent to an activating group) is 1. The molecule has 0 aromatic heterocycles. The van der Waals surface area contributed by atoms with E-state index in [2.05, 4.69) is 5.32 Å². The number of benzene rings is 2. The maximum absolute atomic E-state index is 13.0. The van der Waals surface area contributed by atoms with Gasteiger partial charge >= 0.3 is 12.0 Å². The van der Waals surface area contributed by atoms with Crippen LogP contribution >= 0.6 is 11.8 Å². The average Bonchev–Trinajstić information content (AvgIpc) is 2.82. The average molecular weight is 472 g/mol. The Labute approximate surface area is 195 Å². The summed E-state index contributed by atoms with van der Waals surface area (Å²) in [6.07, 6.45) is 1.97. The molecule has 3 rings (SSSR count). The summed E-state index contributed by atoms with van der Waals surface area (Å²) in [5.41, 5.74) is 0.789. The van der Waals surface area contributed by atoms with Gasteiger partial charge in [-0.1, -0.05) is 12.1 Å². The second-order valence-electron chi connectivity index (χ2n) is 7.02. The summed E-state index contributed by atoms with van der Waals surface area (Å²) in [7, 11) is 0. The van der Waals surface area contributed by atoms with E-state index >= 15 is 0 Å². The molecule has 2 aromatic carbocycles. The number of carbonyl (C=O) groups excluding carboxylic acids is 2. The first-order chi connectivity index (χ1) is 15.9. The number of rotatable bonds is 9. The summed E-state index contributed by atoms with van der Waals surface area (Å²) in [6.45, 7) is 3.83. The molecule has 1 unspecified atom stereocenters. The van der Waals surface area contributed by atoms with Crippen molar-refractivity contribution in [3.05, 3.63) is 75.5 Å². The number of ether oxygens (including phenoxy) is 2.